The molecule has 2 atom stereocenters. The Labute approximate surface area is 141 Å². The molecule has 2 saturated carbocycles. The minimum absolute atomic E-state index is 0.141. The SMILES string of the molecule is C[C@@H]1CC(C)(C)CC[C@H]1NC(=O)N1CCC(OCC2CC2)CC1. The molecule has 3 fully saturated rings. The maximum Gasteiger partial charge on any atom is 0.317 e. The predicted octanol–water partition coefficient (Wildman–Crippen LogP) is 3.80. The van der Waals surface area contributed by atoms with Gasteiger partial charge in [0.2, 0.25) is 0 Å². The second kappa shape index (κ2) is 7.00. The third-order valence-electron chi connectivity index (χ3n) is 6.00. The third kappa shape index (κ3) is 4.85. The summed E-state index contributed by atoms with van der Waals surface area (Å²) >= 11 is 0. The van der Waals surface area contributed by atoms with Gasteiger partial charge in [-0.15, -0.1) is 0 Å². The molecule has 23 heavy (non-hydrogen) atoms. The first-order valence-electron chi connectivity index (χ1n) is 9.60. The normalized spacial score (nSPS) is 31.9. The first-order chi connectivity index (χ1) is 10.9. The highest BCUT2D eigenvalue weighted by Crippen LogP contribution is 2.38. The number of ether oxygens (including phenoxy) is 1. The lowest BCUT2D eigenvalue weighted by molar-refractivity contribution is 0.00883. The maximum absolute atomic E-state index is 12.5. The van der Waals surface area contributed by atoms with E-state index in [0.717, 1.165) is 44.9 Å². The second-order valence-corrected chi connectivity index (χ2v) is 8.90. The van der Waals surface area contributed by atoms with E-state index in [1.54, 1.807) is 0 Å². The standard InChI is InChI=1S/C19H34N2O2/c1-14-12-19(2,3)9-6-17(14)20-18(22)21-10-7-16(8-11-21)23-13-15-4-5-15/h14-17H,4-13H2,1-3H3,(H,20,22)/t14-,17-/m1/s1. The van der Waals surface area contributed by atoms with Crippen LogP contribution in [0.1, 0.15) is 65.7 Å². The Balaban J connectivity index is 1.39. The first-order valence-corrected chi connectivity index (χ1v) is 9.60. The number of urea groups is 1. The molecule has 2 amide bonds. The average molecular weight is 322 g/mol. The molecule has 0 spiro atoms. The third-order valence-corrected chi connectivity index (χ3v) is 6.00. The molecule has 0 aromatic carbocycles. The van der Waals surface area contributed by atoms with E-state index in [1.165, 1.54) is 25.7 Å². The number of likely N-dealkylation sites (tertiary alicyclic amines) is 1. The van der Waals surface area contributed by atoms with Gasteiger partial charge in [-0.3, -0.25) is 0 Å². The van der Waals surface area contributed by atoms with E-state index in [2.05, 4.69) is 26.1 Å². The molecule has 0 aromatic heterocycles. The van der Waals surface area contributed by atoms with E-state index < -0.39 is 0 Å². The quantitative estimate of drug-likeness (QED) is 0.855. The van der Waals surface area contributed by atoms with Crippen LogP contribution in [0.25, 0.3) is 0 Å². The summed E-state index contributed by atoms with van der Waals surface area (Å²) in [6, 6.07) is 0.488. The molecular weight excluding hydrogens is 288 g/mol. The molecule has 0 radical (unpaired) electrons. The van der Waals surface area contributed by atoms with Crippen molar-refractivity contribution in [3.63, 3.8) is 0 Å². The summed E-state index contributed by atoms with van der Waals surface area (Å²) in [5.41, 5.74) is 0.428. The molecule has 2 aliphatic carbocycles. The van der Waals surface area contributed by atoms with Crippen LogP contribution in [-0.4, -0.2) is 42.8 Å². The van der Waals surface area contributed by atoms with Crippen LogP contribution < -0.4 is 5.32 Å². The number of hydrogen-bond donors (Lipinski definition) is 1. The largest absolute Gasteiger partial charge is 0.378 e. The van der Waals surface area contributed by atoms with Crippen LogP contribution in [0.4, 0.5) is 4.79 Å². The Morgan fingerprint density at radius 1 is 1.17 bits per heavy atom. The van der Waals surface area contributed by atoms with Gasteiger partial charge >= 0.3 is 6.03 Å². The number of carbonyl (C=O) groups is 1. The Bertz CT molecular complexity index is 412. The van der Waals surface area contributed by atoms with Crippen molar-refractivity contribution < 1.29 is 9.53 Å². The highest BCUT2D eigenvalue weighted by molar-refractivity contribution is 5.74. The lowest BCUT2D eigenvalue weighted by Gasteiger charge is -2.41. The van der Waals surface area contributed by atoms with Gasteiger partial charge in [0.1, 0.15) is 0 Å². The van der Waals surface area contributed by atoms with Gasteiger partial charge in [-0.05, 0) is 62.2 Å². The van der Waals surface area contributed by atoms with E-state index in [0.29, 0.717) is 23.5 Å². The van der Waals surface area contributed by atoms with Crippen molar-refractivity contribution >= 4 is 6.03 Å². The van der Waals surface area contributed by atoms with Crippen molar-refractivity contribution in [3.05, 3.63) is 0 Å². The van der Waals surface area contributed by atoms with Crippen molar-refractivity contribution in [1.82, 2.24) is 10.2 Å². The fraction of sp³-hybridized carbons (Fsp3) is 0.947. The molecular formula is C19H34N2O2. The van der Waals surface area contributed by atoms with Crippen molar-refractivity contribution in [1.29, 1.82) is 0 Å². The highest BCUT2D eigenvalue weighted by atomic mass is 16.5. The summed E-state index contributed by atoms with van der Waals surface area (Å²) in [5.74, 6) is 1.40. The second-order valence-electron chi connectivity index (χ2n) is 8.90. The van der Waals surface area contributed by atoms with Crippen molar-refractivity contribution in [2.75, 3.05) is 19.7 Å². The van der Waals surface area contributed by atoms with Gasteiger partial charge in [0.05, 0.1) is 6.10 Å². The molecule has 3 aliphatic rings. The number of carbonyl (C=O) groups excluding carboxylic acids is 1. The summed E-state index contributed by atoms with van der Waals surface area (Å²) in [6.07, 6.45) is 8.57. The molecule has 4 heteroatoms. The molecule has 0 aromatic rings. The van der Waals surface area contributed by atoms with Crippen molar-refractivity contribution in [3.8, 4) is 0 Å². The lowest BCUT2D eigenvalue weighted by atomic mass is 9.70. The Hall–Kier alpha value is -0.770. The monoisotopic (exact) mass is 322 g/mol. The van der Waals surface area contributed by atoms with Crippen molar-refractivity contribution in [2.45, 2.75) is 77.9 Å². The Kier molecular flexibility index (Phi) is 5.19. The summed E-state index contributed by atoms with van der Waals surface area (Å²) in [5, 5.41) is 3.30. The smallest absolute Gasteiger partial charge is 0.317 e. The number of nitrogens with one attached hydrogen (secondary N) is 1. The van der Waals surface area contributed by atoms with Crippen LogP contribution in [-0.2, 0) is 4.74 Å². The lowest BCUT2D eigenvalue weighted by Crippen LogP contribution is -2.52. The highest BCUT2D eigenvalue weighted by Gasteiger charge is 2.34. The molecule has 1 saturated heterocycles. The van der Waals surface area contributed by atoms with E-state index in [1.807, 2.05) is 4.90 Å². The van der Waals surface area contributed by atoms with Gasteiger partial charge in [-0.2, -0.15) is 0 Å². The van der Waals surface area contributed by atoms with E-state index in [4.69, 9.17) is 4.74 Å². The van der Waals surface area contributed by atoms with Gasteiger partial charge in [-0.1, -0.05) is 20.8 Å². The minimum Gasteiger partial charge on any atom is -0.378 e. The van der Waals surface area contributed by atoms with Gasteiger partial charge < -0.3 is 15.0 Å². The van der Waals surface area contributed by atoms with Gasteiger partial charge in [0.25, 0.3) is 0 Å². The van der Waals surface area contributed by atoms with Crippen LogP contribution in [0, 0.1) is 17.3 Å². The fourth-order valence-electron chi connectivity index (χ4n) is 4.19. The van der Waals surface area contributed by atoms with Gasteiger partial charge in [0.15, 0.2) is 0 Å². The van der Waals surface area contributed by atoms with Gasteiger partial charge in [-0.25, -0.2) is 4.79 Å². The van der Waals surface area contributed by atoms with E-state index >= 15 is 0 Å². The summed E-state index contributed by atoms with van der Waals surface area (Å²) in [4.78, 5) is 14.5. The zero-order valence-electron chi connectivity index (χ0n) is 15.1. The van der Waals surface area contributed by atoms with E-state index in [-0.39, 0.29) is 6.03 Å². The average Bonchev–Trinajstić information content (AvgIpc) is 3.32. The number of hydrogen-bond acceptors (Lipinski definition) is 2. The maximum atomic E-state index is 12.5. The number of piperidine rings is 1. The van der Waals surface area contributed by atoms with Crippen LogP contribution in [0.3, 0.4) is 0 Å². The first kappa shape index (κ1) is 17.1. The number of rotatable bonds is 4. The van der Waals surface area contributed by atoms with Crippen LogP contribution in [0.5, 0.6) is 0 Å². The summed E-state index contributed by atoms with van der Waals surface area (Å²) in [6.45, 7) is 9.58. The Morgan fingerprint density at radius 2 is 1.87 bits per heavy atom. The molecule has 132 valence electrons. The molecule has 3 rings (SSSR count). The van der Waals surface area contributed by atoms with Crippen molar-refractivity contribution in [2.24, 2.45) is 17.3 Å². The summed E-state index contributed by atoms with van der Waals surface area (Å²) < 4.78 is 5.97. The molecule has 1 heterocycles. The fourth-order valence-corrected chi connectivity index (χ4v) is 4.19. The van der Waals surface area contributed by atoms with Gasteiger partial charge in [0, 0.05) is 25.7 Å². The molecule has 0 bridgehead atoms. The number of nitrogens with zero attached hydrogens (tertiary/aromatic N) is 1. The van der Waals surface area contributed by atoms with Crippen LogP contribution in [0.2, 0.25) is 0 Å². The zero-order chi connectivity index (χ0) is 16.4. The predicted molar refractivity (Wildman–Crippen MR) is 92.4 cm³/mol. The minimum atomic E-state index is 0.141. The molecule has 1 N–H and O–H groups in total. The number of amides is 2. The van der Waals surface area contributed by atoms with Crippen LogP contribution in [0.15, 0.2) is 0 Å². The zero-order valence-corrected chi connectivity index (χ0v) is 15.1. The molecule has 0 unspecified atom stereocenters. The van der Waals surface area contributed by atoms with Crippen LogP contribution >= 0.6 is 0 Å². The Morgan fingerprint density at radius 3 is 2.48 bits per heavy atom. The molecule has 1 aliphatic heterocycles. The summed E-state index contributed by atoms with van der Waals surface area (Å²) in [7, 11) is 0. The topological polar surface area (TPSA) is 41.6 Å². The van der Waals surface area contributed by atoms with E-state index in [9.17, 15) is 4.79 Å². The molecule has 4 nitrogen and oxygen atoms in total.